The fourth-order valence-electron chi connectivity index (χ4n) is 1.56. The predicted molar refractivity (Wildman–Crippen MR) is 76.3 cm³/mol. The molecule has 0 radical (unpaired) electrons. The van der Waals surface area contributed by atoms with Gasteiger partial charge in [-0.25, -0.2) is 8.42 Å². The van der Waals surface area contributed by atoms with Crippen molar-refractivity contribution >= 4 is 33.0 Å². The molecule has 0 aliphatic heterocycles. The lowest BCUT2D eigenvalue weighted by Gasteiger charge is -2.09. The number of hydrogen-bond acceptors (Lipinski definition) is 4. The van der Waals surface area contributed by atoms with Gasteiger partial charge in [0.05, 0.1) is 22.7 Å². The molecular weight excluding hydrogens is 286 g/mol. The number of halogens is 1. The summed E-state index contributed by atoms with van der Waals surface area (Å²) in [4.78, 5) is 3.82. The van der Waals surface area contributed by atoms with Crippen LogP contribution in [0.2, 0.25) is 5.02 Å². The maximum Gasteiger partial charge on any atom is 0.237 e. The minimum Gasteiger partial charge on any atom is -0.399 e. The van der Waals surface area contributed by atoms with Crippen LogP contribution in [0.4, 0.5) is 11.4 Å². The zero-order valence-electron chi connectivity index (χ0n) is 9.88. The summed E-state index contributed by atoms with van der Waals surface area (Å²) in [5, 5.41) is 0.297. The summed E-state index contributed by atoms with van der Waals surface area (Å²) in [5.41, 5.74) is 6.99. The summed E-state index contributed by atoms with van der Waals surface area (Å²) in [6.07, 6.45) is 2.84. The smallest absolute Gasteiger partial charge is 0.237 e. The Morgan fingerprint density at radius 3 is 2.79 bits per heavy atom. The second kappa shape index (κ2) is 5.46. The van der Waals surface area contributed by atoms with E-state index in [1.807, 2.05) is 0 Å². The van der Waals surface area contributed by atoms with Gasteiger partial charge in [0.15, 0.2) is 0 Å². The Morgan fingerprint density at radius 1 is 1.32 bits per heavy atom. The molecule has 0 spiro atoms. The van der Waals surface area contributed by atoms with E-state index in [2.05, 4.69) is 9.71 Å². The molecule has 7 heteroatoms. The van der Waals surface area contributed by atoms with Crippen LogP contribution in [0.5, 0.6) is 0 Å². The standard InChI is InChI=1S/C12H12ClN3O2S/c13-11-4-5-15-7-12(11)16-19(17,18)8-9-2-1-3-10(14)6-9/h1-7,16H,8,14H2. The number of pyridine rings is 1. The number of hydrogen-bond donors (Lipinski definition) is 2. The van der Waals surface area contributed by atoms with Crippen LogP contribution in [0.3, 0.4) is 0 Å². The molecular formula is C12H12ClN3O2S. The molecule has 0 saturated carbocycles. The molecule has 0 aliphatic rings. The second-order valence-electron chi connectivity index (χ2n) is 3.96. The van der Waals surface area contributed by atoms with Crippen LogP contribution < -0.4 is 10.5 Å². The quantitative estimate of drug-likeness (QED) is 0.848. The predicted octanol–water partition coefficient (Wildman–Crippen LogP) is 2.26. The summed E-state index contributed by atoms with van der Waals surface area (Å²) >= 11 is 5.87. The number of anilines is 2. The fourth-order valence-corrected chi connectivity index (χ4v) is 2.96. The fraction of sp³-hybridized carbons (Fsp3) is 0.0833. The highest BCUT2D eigenvalue weighted by atomic mass is 35.5. The van der Waals surface area contributed by atoms with Gasteiger partial charge in [0.25, 0.3) is 0 Å². The topological polar surface area (TPSA) is 85.1 Å². The number of nitrogen functional groups attached to an aromatic ring is 1. The van der Waals surface area contributed by atoms with Gasteiger partial charge in [-0.3, -0.25) is 9.71 Å². The lowest BCUT2D eigenvalue weighted by Crippen LogP contribution is -2.15. The minimum atomic E-state index is -3.56. The number of nitrogens with zero attached hydrogens (tertiary/aromatic N) is 1. The van der Waals surface area contributed by atoms with Gasteiger partial charge in [-0.2, -0.15) is 0 Å². The highest BCUT2D eigenvalue weighted by Crippen LogP contribution is 2.21. The van der Waals surface area contributed by atoms with Crippen molar-refractivity contribution in [3.05, 3.63) is 53.3 Å². The Labute approximate surface area is 116 Å². The van der Waals surface area contributed by atoms with Crippen LogP contribution in [0, 0.1) is 0 Å². The monoisotopic (exact) mass is 297 g/mol. The first-order valence-electron chi connectivity index (χ1n) is 5.41. The van der Waals surface area contributed by atoms with Crippen molar-refractivity contribution in [1.82, 2.24) is 4.98 Å². The summed E-state index contributed by atoms with van der Waals surface area (Å²) in [5.74, 6) is -0.177. The Bertz CT molecular complexity index is 689. The zero-order chi connectivity index (χ0) is 13.9. The van der Waals surface area contributed by atoms with Gasteiger partial charge in [0, 0.05) is 11.9 Å². The Morgan fingerprint density at radius 2 is 2.11 bits per heavy atom. The minimum absolute atomic E-state index is 0.177. The van der Waals surface area contributed by atoms with Gasteiger partial charge in [-0.1, -0.05) is 23.7 Å². The molecule has 5 nitrogen and oxygen atoms in total. The third kappa shape index (κ3) is 3.84. The van der Waals surface area contributed by atoms with Crippen molar-refractivity contribution in [2.75, 3.05) is 10.5 Å². The molecule has 0 atom stereocenters. The molecule has 0 amide bonds. The van der Waals surface area contributed by atoms with E-state index in [0.717, 1.165) is 0 Å². The largest absolute Gasteiger partial charge is 0.399 e. The normalized spacial score (nSPS) is 11.2. The van der Waals surface area contributed by atoms with Crippen molar-refractivity contribution < 1.29 is 8.42 Å². The highest BCUT2D eigenvalue weighted by Gasteiger charge is 2.13. The Kier molecular flexibility index (Phi) is 3.92. The van der Waals surface area contributed by atoms with Crippen molar-refractivity contribution in [3.8, 4) is 0 Å². The number of nitrogens with two attached hydrogens (primary N) is 1. The van der Waals surface area contributed by atoms with Crippen LogP contribution in [-0.2, 0) is 15.8 Å². The van der Waals surface area contributed by atoms with E-state index in [-0.39, 0.29) is 11.4 Å². The van der Waals surface area contributed by atoms with Gasteiger partial charge in [-0.05, 0) is 23.8 Å². The van der Waals surface area contributed by atoms with Crippen LogP contribution in [0.1, 0.15) is 5.56 Å². The van der Waals surface area contributed by atoms with Crippen LogP contribution >= 0.6 is 11.6 Å². The number of nitrogens with one attached hydrogen (secondary N) is 1. The first-order chi connectivity index (χ1) is 8.96. The first-order valence-corrected chi connectivity index (χ1v) is 7.44. The molecule has 1 heterocycles. The van der Waals surface area contributed by atoms with E-state index >= 15 is 0 Å². The third-order valence-electron chi connectivity index (χ3n) is 2.34. The van der Waals surface area contributed by atoms with Crippen molar-refractivity contribution in [1.29, 1.82) is 0 Å². The van der Waals surface area contributed by atoms with Crippen LogP contribution in [0.15, 0.2) is 42.7 Å². The molecule has 1 aromatic heterocycles. The lowest BCUT2D eigenvalue weighted by atomic mass is 10.2. The maximum absolute atomic E-state index is 12.0. The summed E-state index contributed by atoms with van der Waals surface area (Å²) < 4.78 is 26.4. The second-order valence-corrected chi connectivity index (χ2v) is 6.09. The van der Waals surface area contributed by atoms with Gasteiger partial charge in [-0.15, -0.1) is 0 Å². The lowest BCUT2D eigenvalue weighted by molar-refractivity contribution is 0.600. The van der Waals surface area contributed by atoms with Crippen LogP contribution in [-0.4, -0.2) is 13.4 Å². The van der Waals surface area contributed by atoms with Crippen LogP contribution in [0.25, 0.3) is 0 Å². The molecule has 3 N–H and O–H groups in total. The molecule has 0 bridgehead atoms. The highest BCUT2D eigenvalue weighted by molar-refractivity contribution is 7.91. The average molecular weight is 298 g/mol. The maximum atomic E-state index is 12.0. The number of aromatic nitrogens is 1. The third-order valence-corrected chi connectivity index (χ3v) is 3.91. The SMILES string of the molecule is Nc1cccc(CS(=O)(=O)Nc2cnccc2Cl)c1. The molecule has 0 saturated heterocycles. The van der Waals surface area contributed by atoms with E-state index in [1.165, 1.54) is 18.5 Å². The van der Waals surface area contributed by atoms with Gasteiger partial charge in [0.1, 0.15) is 0 Å². The van der Waals surface area contributed by atoms with Gasteiger partial charge < -0.3 is 5.73 Å². The molecule has 19 heavy (non-hydrogen) atoms. The molecule has 0 fully saturated rings. The van der Waals surface area contributed by atoms with Gasteiger partial charge in [0.2, 0.25) is 10.0 Å². The van der Waals surface area contributed by atoms with E-state index in [0.29, 0.717) is 16.3 Å². The van der Waals surface area contributed by atoms with Crippen molar-refractivity contribution in [2.45, 2.75) is 5.75 Å². The van der Waals surface area contributed by atoms with E-state index in [9.17, 15) is 8.42 Å². The molecule has 2 aromatic rings. The summed E-state index contributed by atoms with van der Waals surface area (Å²) in [6, 6.07) is 8.23. The number of sulfonamides is 1. The van der Waals surface area contributed by atoms with E-state index in [1.54, 1.807) is 24.3 Å². The molecule has 2 rings (SSSR count). The number of rotatable bonds is 4. The first kappa shape index (κ1) is 13.6. The summed E-state index contributed by atoms with van der Waals surface area (Å²) in [6.45, 7) is 0. The van der Waals surface area contributed by atoms with E-state index < -0.39 is 10.0 Å². The van der Waals surface area contributed by atoms with Crippen molar-refractivity contribution in [3.63, 3.8) is 0 Å². The van der Waals surface area contributed by atoms with E-state index in [4.69, 9.17) is 17.3 Å². The number of benzene rings is 1. The van der Waals surface area contributed by atoms with Gasteiger partial charge >= 0.3 is 0 Å². The average Bonchev–Trinajstić information content (AvgIpc) is 2.31. The molecule has 1 aromatic carbocycles. The molecule has 0 aliphatic carbocycles. The molecule has 0 unspecified atom stereocenters. The summed E-state index contributed by atoms with van der Waals surface area (Å²) in [7, 11) is -3.56. The van der Waals surface area contributed by atoms with Crippen molar-refractivity contribution in [2.24, 2.45) is 0 Å². The molecule has 100 valence electrons. The Hall–Kier alpha value is -1.79. The zero-order valence-corrected chi connectivity index (χ0v) is 11.4. The Balaban J connectivity index is 2.18.